The third-order valence-electron chi connectivity index (χ3n) is 3.80. The van der Waals surface area contributed by atoms with E-state index in [1.165, 1.54) is 0 Å². The number of allylic oxidation sites excluding steroid dienone is 1. The molecule has 2 aliphatic heterocycles. The number of benzene rings is 1. The topological polar surface area (TPSA) is 71.3 Å². The number of fused-ring (bicyclic) bond motifs is 1. The van der Waals surface area contributed by atoms with Crippen molar-refractivity contribution in [3.63, 3.8) is 0 Å². The van der Waals surface area contributed by atoms with Gasteiger partial charge in [0.2, 0.25) is 0 Å². The number of ether oxygens (including phenoxy) is 2. The highest BCUT2D eigenvalue weighted by molar-refractivity contribution is 6.30. The van der Waals surface area contributed by atoms with Gasteiger partial charge in [-0.05, 0) is 24.6 Å². The van der Waals surface area contributed by atoms with Crippen molar-refractivity contribution >= 4 is 17.3 Å². The summed E-state index contributed by atoms with van der Waals surface area (Å²) in [5, 5.41) is 18.8. The fourth-order valence-corrected chi connectivity index (χ4v) is 2.94. The molecule has 0 aromatic heterocycles. The summed E-state index contributed by atoms with van der Waals surface area (Å²) in [4.78, 5) is 4.41. The van der Waals surface area contributed by atoms with Crippen LogP contribution in [0.25, 0.3) is 0 Å². The molecule has 5 nitrogen and oxygen atoms in total. The van der Waals surface area contributed by atoms with Crippen molar-refractivity contribution in [3.05, 3.63) is 46.2 Å². The number of aliphatic hydroxyl groups is 2. The van der Waals surface area contributed by atoms with E-state index in [9.17, 15) is 0 Å². The van der Waals surface area contributed by atoms with Crippen LogP contribution >= 0.6 is 11.6 Å². The molecular formula is C15H16ClNO4. The Labute approximate surface area is 127 Å². The fourth-order valence-electron chi connectivity index (χ4n) is 2.81. The van der Waals surface area contributed by atoms with E-state index < -0.39 is 6.48 Å². The van der Waals surface area contributed by atoms with Gasteiger partial charge in [0.05, 0.1) is 18.4 Å². The number of rotatable bonds is 3. The van der Waals surface area contributed by atoms with Crippen molar-refractivity contribution < 1.29 is 19.7 Å². The average molecular weight is 310 g/mol. The number of aliphatic imine (C=N–C) groups is 1. The summed E-state index contributed by atoms with van der Waals surface area (Å²) < 4.78 is 10.9. The molecule has 1 aromatic rings. The van der Waals surface area contributed by atoms with Crippen LogP contribution in [0.2, 0.25) is 5.02 Å². The highest BCUT2D eigenvalue weighted by atomic mass is 35.5. The highest BCUT2D eigenvalue weighted by Crippen LogP contribution is 2.42. The molecule has 0 bridgehead atoms. The second-order valence-corrected chi connectivity index (χ2v) is 5.55. The molecule has 2 N–H and O–H groups in total. The van der Waals surface area contributed by atoms with Gasteiger partial charge < -0.3 is 19.7 Å². The van der Waals surface area contributed by atoms with Gasteiger partial charge in [0.15, 0.2) is 0 Å². The van der Waals surface area contributed by atoms with Gasteiger partial charge in [0.25, 0.3) is 0 Å². The molecule has 0 aliphatic carbocycles. The van der Waals surface area contributed by atoms with Gasteiger partial charge in [-0.3, -0.25) is 4.99 Å². The van der Waals surface area contributed by atoms with E-state index in [0.717, 1.165) is 11.1 Å². The van der Waals surface area contributed by atoms with Gasteiger partial charge in [0, 0.05) is 23.1 Å². The maximum atomic E-state index is 9.04. The molecule has 0 saturated carbocycles. The quantitative estimate of drug-likeness (QED) is 0.838. The zero-order valence-corrected chi connectivity index (χ0v) is 12.2. The first-order valence-corrected chi connectivity index (χ1v) is 7.08. The lowest BCUT2D eigenvalue weighted by Gasteiger charge is -2.24. The van der Waals surface area contributed by atoms with Crippen molar-refractivity contribution in [1.29, 1.82) is 0 Å². The molecule has 0 spiro atoms. The van der Waals surface area contributed by atoms with E-state index in [2.05, 4.69) is 4.99 Å². The van der Waals surface area contributed by atoms with Gasteiger partial charge in [-0.1, -0.05) is 23.7 Å². The Bertz CT molecular complexity index is 594. The first-order chi connectivity index (χ1) is 10.1. The molecule has 2 unspecified atom stereocenters. The predicted octanol–water partition coefficient (Wildman–Crippen LogP) is 2.04. The van der Waals surface area contributed by atoms with Crippen LogP contribution in [0.15, 0.2) is 40.6 Å². The number of hydrogen-bond donors (Lipinski definition) is 2. The number of nitrogens with zero attached hydrogens (tertiary/aromatic N) is 1. The van der Waals surface area contributed by atoms with Gasteiger partial charge in [-0.2, -0.15) is 0 Å². The first kappa shape index (κ1) is 14.5. The average Bonchev–Trinajstić information content (AvgIpc) is 2.87. The molecule has 112 valence electrons. The van der Waals surface area contributed by atoms with Crippen LogP contribution in [0, 0.1) is 5.92 Å². The van der Waals surface area contributed by atoms with E-state index in [4.69, 9.17) is 31.3 Å². The Kier molecular flexibility index (Phi) is 3.99. The Morgan fingerprint density at radius 1 is 1.33 bits per heavy atom. The minimum Gasteiger partial charge on any atom is -0.440 e. The van der Waals surface area contributed by atoms with Crippen molar-refractivity contribution in [2.75, 3.05) is 13.2 Å². The van der Waals surface area contributed by atoms with E-state index in [1.807, 2.05) is 24.3 Å². The highest BCUT2D eigenvalue weighted by Gasteiger charge is 2.39. The SMILES string of the molecule is CC1=NCC2C(=C1OC(O)O)COC2c1ccc(Cl)cc1. The third-order valence-corrected chi connectivity index (χ3v) is 4.05. The molecule has 1 aromatic carbocycles. The Morgan fingerprint density at radius 3 is 2.71 bits per heavy atom. The number of dihydropyridines is 1. The Morgan fingerprint density at radius 2 is 2.05 bits per heavy atom. The number of hydrogen-bond acceptors (Lipinski definition) is 5. The first-order valence-electron chi connectivity index (χ1n) is 6.70. The second kappa shape index (κ2) is 5.77. The molecule has 0 radical (unpaired) electrons. The normalized spacial score (nSPS) is 25.1. The van der Waals surface area contributed by atoms with Crippen LogP contribution in [-0.2, 0) is 9.47 Å². The minimum absolute atomic E-state index is 0.0450. The molecular weight excluding hydrogens is 294 g/mol. The van der Waals surface area contributed by atoms with Gasteiger partial charge in [-0.25, -0.2) is 0 Å². The number of halogens is 1. The van der Waals surface area contributed by atoms with Crippen LogP contribution in [0.5, 0.6) is 0 Å². The Balaban J connectivity index is 1.90. The van der Waals surface area contributed by atoms with Crippen molar-refractivity contribution in [2.45, 2.75) is 19.5 Å². The lowest BCUT2D eigenvalue weighted by Crippen LogP contribution is -2.24. The lowest BCUT2D eigenvalue weighted by atomic mass is 9.88. The van der Waals surface area contributed by atoms with E-state index in [-0.39, 0.29) is 12.0 Å². The Hall–Kier alpha value is -1.40. The summed E-state index contributed by atoms with van der Waals surface area (Å²) in [5.41, 5.74) is 2.61. The summed E-state index contributed by atoms with van der Waals surface area (Å²) >= 11 is 5.91. The third kappa shape index (κ3) is 2.82. The van der Waals surface area contributed by atoms with Crippen molar-refractivity contribution in [2.24, 2.45) is 10.9 Å². The fraction of sp³-hybridized carbons (Fsp3) is 0.400. The van der Waals surface area contributed by atoms with Gasteiger partial charge in [-0.15, -0.1) is 0 Å². The minimum atomic E-state index is -1.86. The van der Waals surface area contributed by atoms with Crippen LogP contribution in [-0.4, -0.2) is 35.6 Å². The van der Waals surface area contributed by atoms with Gasteiger partial charge in [0.1, 0.15) is 5.76 Å². The maximum absolute atomic E-state index is 9.04. The summed E-state index contributed by atoms with van der Waals surface area (Å²) in [6.45, 7) is 0.928. The molecule has 6 heteroatoms. The lowest BCUT2D eigenvalue weighted by molar-refractivity contribution is -0.209. The summed E-state index contributed by atoms with van der Waals surface area (Å²) in [7, 11) is 0. The van der Waals surface area contributed by atoms with E-state index in [1.54, 1.807) is 6.92 Å². The van der Waals surface area contributed by atoms with E-state index in [0.29, 0.717) is 29.6 Å². The maximum Gasteiger partial charge on any atom is 0.310 e. The van der Waals surface area contributed by atoms with Crippen LogP contribution in [0.4, 0.5) is 0 Å². The van der Waals surface area contributed by atoms with Gasteiger partial charge >= 0.3 is 6.48 Å². The molecule has 2 aliphatic rings. The predicted molar refractivity (Wildman–Crippen MR) is 77.9 cm³/mol. The molecule has 1 saturated heterocycles. The van der Waals surface area contributed by atoms with Crippen LogP contribution in [0.3, 0.4) is 0 Å². The van der Waals surface area contributed by atoms with Crippen LogP contribution in [0.1, 0.15) is 18.6 Å². The van der Waals surface area contributed by atoms with Crippen LogP contribution < -0.4 is 0 Å². The molecule has 0 amide bonds. The van der Waals surface area contributed by atoms with Crippen molar-refractivity contribution in [3.8, 4) is 0 Å². The molecule has 2 atom stereocenters. The van der Waals surface area contributed by atoms with Crippen molar-refractivity contribution in [1.82, 2.24) is 0 Å². The molecule has 21 heavy (non-hydrogen) atoms. The molecule has 1 fully saturated rings. The largest absolute Gasteiger partial charge is 0.440 e. The zero-order valence-electron chi connectivity index (χ0n) is 11.5. The summed E-state index contributed by atoms with van der Waals surface area (Å²) in [5.74, 6) is 0.473. The monoisotopic (exact) mass is 309 g/mol. The second-order valence-electron chi connectivity index (χ2n) is 5.11. The van der Waals surface area contributed by atoms with E-state index >= 15 is 0 Å². The summed E-state index contributed by atoms with van der Waals surface area (Å²) in [6, 6.07) is 7.52. The smallest absolute Gasteiger partial charge is 0.310 e. The zero-order chi connectivity index (χ0) is 15.0. The number of aliphatic hydroxyl groups excluding tert-OH is 1. The standard InChI is InChI=1S/C15H16ClNO4/c1-8-13(21-15(18)19)12-7-20-14(11(12)6-17-8)9-2-4-10(16)5-3-9/h2-5,11,14-15,18-19H,6-7H2,1H3. The molecule has 2 heterocycles. The molecule has 3 rings (SSSR count). The summed E-state index contributed by atoms with van der Waals surface area (Å²) in [6.07, 6.45) is -0.122.